The molecule has 96 heavy (non-hydrogen) atoms. The molecule has 2 atom stereocenters. The molecule has 12 aliphatic carbocycles. The van der Waals surface area contributed by atoms with Crippen molar-refractivity contribution in [3.63, 3.8) is 0 Å². The summed E-state index contributed by atoms with van der Waals surface area (Å²) in [6.45, 7) is 0. The largest absolute Gasteiger partial charge is 0.349 e. The van der Waals surface area contributed by atoms with Crippen LogP contribution in [0.1, 0.15) is 372 Å². The monoisotopic (exact) mass is 1460 g/mol. The molecule has 0 amide bonds. The van der Waals surface area contributed by atoms with E-state index in [1.807, 2.05) is 0 Å². The Kier molecular flexibility index (Phi) is 27.7. The molecule has 2 heterocycles. The topological polar surface area (TPSA) is 185 Å². The van der Waals surface area contributed by atoms with E-state index in [1.54, 1.807) is 0 Å². The Bertz CT molecular complexity index is 2390. The van der Waals surface area contributed by atoms with E-state index < -0.39 is 46.0 Å². The van der Waals surface area contributed by atoms with Crippen LogP contribution in [-0.2, 0) is 54.3 Å². The van der Waals surface area contributed by atoms with Gasteiger partial charge in [0.15, 0.2) is 0 Å². The summed E-state index contributed by atoms with van der Waals surface area (Å²) in [6.07, 6.45) is 62.8. The highest BCUT2D eigenvalue weighted by atomic mass is 31.3. The van der Waals surface area contributed by atoms with Crippen LogP contribution >= 0.6 is 46.0 Å². The molecule has 0 aromatic rings. The second-order valence-electron chi connectivity index (χ2n) is 32.4. The summed E-state index contributed by atoms with van der Waals surface area (Å²) in [5.74, 6) is 1.15. The van der Waals surface area contributed by atoms with Crippen LogP contribution in [0.15, 0.2) is 27.1 Å². The predicted molar refractivity (Wildman–Crippen MR) is 389 cm³/mol. The molecule has 12 saturated carbocycles. The minimum Gasteiger partial charge on any atom is -0.303 e. The average Bonchev–Trinajstić information content (AvgIpc) is 0.739. The minimum atomic E-state index is -3.53. The molecule has 18 nitrogen and oxygen atoms in total. The second-order valence-corrected chi connectivity index (χ2v) is 45.1. The molecule has 12 fully saturated rings. The summed E-state index contributed by atoms with van der Waals surface area (Å²) < 4.78 is 128. The van der Waals surface area contributed by atoms with Crippen LogP contribution in [0.2, 0.25) is 0 Å². The average molecular weight is 1460 g/mol. The Balaban J connectivity index is 0.761. The van der Waals surface area contributed by atoms with Crippen molar-refractivity contribution in [2.45, 2.75) is 446 Å². The minimum absolute atomic E-state index is 0.00457. The van der Waals surface area contributed by atoms with Gasteiger partial charge in [0.2, 0.25) is 0 Å². The Hall–Kier alpha value is 0.900. The lowest BCUT2D eigenvalue weighted by Gasteiger charge is -2.43. The maximum Gasteiger partial charge on any atom is 0.349 e. The SMILES string of the molecule is C1CCC(OP2(OC3CCCCC3)=NP(OC3CCCCC3)(OC3CCCCC3)=NP(OC3CCCCC3)(OC3CCC(C4CCC(OP5(OC6CCCCC6)=NP(OC6CCCCC6)(OC6CCCCC6)=NP(OC6CCCCC6)(OC6CCCCC6)=N5)CC4)CC3)=N2)CC1. The van der Waals surface area contributed by atoms with Gasteiger partial charge in [0.1, 0.15) is 0 Å². The van der Waals surface area contributed by atoms with E-state index in [4.69, 9.17) is 81.4 Å². The highest BCUT2D eigenvalue weighted by Gasteiger charge is 2.52. The molecule has 24 heteroatoms. The van der Waals surface area contributed by atoms with Crippen LogP contribution in [-0.4, -0.2) is 73.2 Å². The standard InChI is InChI=1S/C72H130N6O12P6/c1-11-31-61(32-12-1)79-91(80-62-33-13-2-14-34-62)73-92(81-63-35-15-3-16-36-63,82-64-37-17-4-18-38-64)76-95(75-91,87-69-47-27-9-28-48-69)89-71-55-51-59(52-56-71)60-53-57-72(58-54-60)90-96(88-70-49-29-10-30-50-70)77-93(83-65-39-19-5-20-40-65,84-66-41-21-6-22-42-66)74-94(78-96,85-67-43-23-7-24-44-67)86-68-45-25-8-26-46-68/h59-72H,1-58H2. The van der Waals surface area contributed by atoms with Crippen molar-refractivity contribution in [3.05, 3.63) is 0 Å². The molecule has 2 unspecified atom stereocenters. The van der Waals surface area contributed by atoms with Gasteiger partial charge in [0.25, 0.3) is 0 Å². The van der Waals surface area contributed by atoms with Gasteiger partial charge >= 0.3 is 46.0 Å². The van der Waals surface area contributed by atoms with Crippen LogP contribution in [0.3, 0.4) is 0 Å². The molecule has 2 aliphatic heterocycles. The first-order valence-electron chi connectivity index (χ1n) is 41.2. The lowest BCUT2D eigenvalue weighted by Crippen LogP contribution is -2.30. The van der Waals surface area contributed by atoms with Gasteiger partial charge in [0, 0.05) is 0 Å². The van der Waals surface area contributed by atoms with Crippen molar-refractivity contribution in [3.8, 4) is 0 Å². The van der Waals surface area contributed by atoms with Crippen LogP contribution < -0.4 is 0 Å². The van der Waals surface area contributed by atoms with Gasteiger partial charge in [-0.05, 0) is 192 Å². The van der Waals surface area contributed by atoms with E-state index >= 15 is 0 Å². The van der Waals surface area contributed by atoms with Gasteiger partial charge in [-0.3, -0.25) is 0 Å². The first-order valence-corrected chi connectivity index (χ1v) is 50.4. The van der Waals surface area contributed by atoms with Crippen LogP contribution in [0, 0.1) is 11.8 Å². The molecule has 0 aromatic heterocycles. The number of hydrogen-bond donors (Lipinski definition) is 0. The van der Waals surface area contributed by atoms with Gasteiger partial charge in [-0.25, -0.2) is 0 Å². The molecule has 14 rings (SSSR count). The lowest BCUT2D eigenvalue weighted by atomic mass is 9.72. The van der Waals surface area contributed by atoms with E-state index in [-0.39, 0.29) is 73.2 Å². The number of rotatable bonds is 25. The molecule has 550 valence electrons. The van der Waals surface area contributed by atoms with Gasteiger partial charge in [-0.2, -0.15) is 0 Å². The maximum atomic E-state index is 7.86. The van der Waals surface area contributed by atoms with Crippen molar-refractivity contribution in [2.24, 2.45) is 38.9 Å². The third-order valence-electron chi connectivity index (χ3n) is 24.4. The molecule has 0 spiro atoms. The van der Waals surface area contributed by atoms with E-state index in [1.165, 1.54) is 64.2 Å². The molecule has 0 saturated heterocycles. The van der Waals surface area contributed by atoms with Crippen molar-refractivity contribution in [1.29, 1.82) is 0 Å². The zero-order chi connectivity index (χ0) is 64.8. The fourth-order valence-electron chi connectivity index (χ4n) is 19.0. The fraction of sp³-hybridized carbons (Fsp3) is 1.00. The second kappa shape index (κ2) is 36.0. The predicted octanol–water partition coefficient (Wildman–Crippen LogP) is 27.3. The quantitative estimate of drug-likeness (QED) is 0.0789. The number of nitrogens with zero attached hydrogens (tertiary/aromatic N) is 6. The third-order valence-corrected chi connectivity index (χ3v) is 42.1. The molecule has 0 aromatic carbocycles. The first-order chi connectivity index (χ1) is 47.1. The third kappa shape index (κ3) is 20.7. The van der Waals surface area contributed by atoms with Gasteiger partial charge in [-0.1, -0.05) is 193 Å². The van der Waals surface area contributed by atoms with Crippen molar-refractivity contribution in [2.75, 3.05) is 0 Å². The van der Waals surface area contributed by atoms with E-state index in [2.05, 4.69) is 0 Å². The van der Waals surface area contributed by atoms with Crippen LogP contribution in [0.5, 0.6) is 0 Å². The van der Waals surface area contributed by atoms with Crippen molar-refractivity contribution in [1.82, 2.24) is 0 Å². The lowest BCUT2D eigenvalue weighted by molar-refractivity contribution is 0.0501. The van der Waals surface area contributed by atoms with E-state index in [9.17, 15) is 0 Å². The van der Waals surface area contributed by atoms with Gasteiger partial charge < -0.3 is 54.3 Å². The Morgan fingerprint density at radius 1 is 0.125 bits per heavy atom. The smallest absolute Gasteiger partial charge is 0.303 e. The highest BCUT2D eigenvalue weighted by molar-refractivity contribution is 7.79. The van der Waals surface area contributed by atoms with Crippen molar-refractivity contribution < 1.29 is 54.3 Å². The van der Waals surface area contributed by atoms with Gasteiger partial charge in [-0.15, -0.1) is 27.1 Å². The van der Waals surface area contributed by atoms with E-state index in [0.29, 0.717) is 11.8 Å². The van der Waals surface area contributed by atoms with Crippen LogP contribution in [0.25, 0.3) is 0 Å². The summed E-state index contributed by atoms with van der Waals surface area (Å²) in [7, 11) is -20.9. The molecular formula is C72H130N6O12P6. The Morgan fingerprint density at radius 2 is 0.229 bits per heavy atom. The molecular weight excluding hydrogens is 1330 g/mol. The molecule has 14 aliphatic rings. The summed E-state index contributed by atoms with van der Waals surface area (Å²) in [4.78, 5) is 0. The fourth-order valence-corrected chi connectivity index (χ4v) is 40.2. The van der Waals surface area contributed by atoms with Gasteiger partial charge in [0.05, 0.1) is 73.2 Å². The summed E-state index contributed by atoms with van der Waals surface area (Å²) in [5, 5.41) is 0. The number of hydrogen-bond acceptors (Lipinski definition) is 18. The molecule has 0 N–H and O–H groups in total. The normalized spacial score (nSPS) is 35.1. The Morgan fingerprint density at radius 3 is 0.344 bits per heavy atom. The summed E-state index contributed by atoms with van der Waals surface area (Å²) >= 11 is 0. The summed E-state index contributed by atoms with van der Waals surface area (Å²) in [6, 6.07) is 0. The van der Waals surface area contributed by atoms with E-state index in [0.717, 1.165) is 308 Å². The maximum absolute atomic E-state index is 7.86. The molecule has 0 bridgehead atoms. The van der Waals surface area contributed by atoms with Crippen LogP contribution in [0.4, 0.5) is 0 Å². The molecule has 0 radical (unpaired) electrons. The zero-order valence-corrected chi connectivity index (χ0v) is 64.7. The highest BCUT2D eigenvalue weighted by Crippen LogP contribution is 2.85. The zero-order valence-electron chi connectivity index (χ0n) is 59.4. The first kappa shape index (κ1) is 73.8. The van der Waals surface area contributed by atoms with Crippen molar-refractivity contribution >= 4 is 46.0 Å². The summed E-state index contributed by atoms with van der Waals surface area (Å²) in [5.41, 5.74) is 0. The Labute approximate surface area is 581 Å².